The van der Waals surface area contributed by atoms with Gasteiger partial charge in [-0.05, 0) is 23.6 Å². The number of halogens is 2. The molecular formula is C11H14BrClO. The summed E-state index contributed by atoms with van der Waals surface area (Å²) >= 11 is 9.42. The molecule has 0 N–H and O–H groups in total. The molecule has 0 aliphatic carbocycles. The quantitative estimate of drug-likeness (QED) is 0.747. The second-order valence-corrected chi connectivity index (χ2v) is 4.57. The van der Waals surface area contributed by atoms with Gasteiger partial charge >= 0.3 is 0 Å². The zero-order chi connectivity index (χ0) is 10.6. The lowest BCUT2D eigenvalue weighted by Gasteiger charge is -2.10. The van der Waals surface area contributed by atoms with Gasteiger partial charge in [0.05, 0.1) is 11.6 Å². The van der Waals surface area contributed by atoms with Crippen LogP contribution in [0.25, 0.3) is 0 Å². The van der Waals surface area contributed by atoms with Crippen LogP contribution in [0.15, 0.2) is 18.2 Å². The second-order valence-electron chi connectivity index (χ2n) is 3.60. The van der Waals surface area contributed by atoms with Crippen LogP contribution in [-0.4, -0.2) is 6.61 Å². The second kappa shape index (κ2) is 5.62. The minimum absolute atomic E-state index is 0.516. The van der Waals surface area contributed by atoms with Gasteiger partial charge in [0.25, 0.3) is 0 Å². The Morgan fingerprint density at radius 3 is 2.64 bits per heavy atom. The molecule has 0 spiro atoms. The van der Waals surface area contributed by atoms with E-state index in [9.17, 15) is 0 Å². The van der Waals surface area contributed by atoms with Crippen LogP contribution in [0, 0.1) is 5.92 Å². The average molecular weight is 278 g/mol. The Hall–Kier alpha value is -0.210. The van der Waals surface area contributed by atoms with Gasteiger partial charge in [-0.3, -0.25) is 0 Å². The Balaban J connectivity index is 2.69. The van der Waals surface area contributed by atoms with E-state index >= 15 is 0 Å². The number of rotatable bonds is 4. The van der Waals surface area contributed by atoms with E-state index in [-0.39, 0.29) is 0 Å². The zero-order valence-corrected chi connectivity index (χ0v) is 10.7. The highest BCUT2D eigenvalue weighted by Gasteiger charge is 2.03. The normalized spacial score (nSPS) is 10.6. The fourth-order valence-electron chi connectivity index (χ4n) is 1.00. The smallest absolute Gasteiger partial charge is 0.137 e. The third-order valence-electron chi connectivity index (χ3n) is 1.72. The lowest BCUT2D eigenvalue weighted by molar-refractivity contribution is 0.271. The van der Waals surface area contributed by atoms with E-state index < -0.39 is 0 Å². The van der Waals surface area contributed by atoms with Gasteiger partial charge in [0.2, 0.25) is 0 Å². The van der Waals surface area contributed by atoms with Crippen molar-refractivity contribution in [2.75, 3.05) is 6.61 Å². The van der Waals surface area contributed by atoms with Gasteiger partial charge in [0.1, 0.15) is 5.75 Å². The van der Waals surface area contributed by atoms with Crippen LogP contribution >= 0.6 is 27.5 Å². The van der Waals surface area contributed by atoms with Crippen molar-refractivity contribution in [3.8, 4) is 5.75 Å². The lowest BCUT2D eigenvalue weighted by atomic mass is 10.2. The fourth-order valence-corrected chi connectivity index (χ4v) is 1.61. The highest BCUT2D eigenvalue weighted by Crippen LogP contribution is 2.26. The molecule has 0 aliphatic heterocycles. The monoisotopic (exact) mass is 276 g/mol. The molecule has 0 saturated carbocycles. The van der Waals surface area contributed by atoms with Gasteiger partial charge < -0.3 is 4.74 Å². The molecule has 0 radical (unpaired) electrons. The molecule has 1 nitrogen and oxygen atoms in total. The summed E-state index contributed by atoms with van der Waals surface area (Å²) in [7, 11) is 0. The maximum Gasteiger partial charge on any atom is 0.137 e. The third-order valence-corrected chi connectivity index (χ3v) is 2.67. The van der Waals surface area contributed by atoms with Crippen molar-refractivity contribution in [1.82, 2.24) is 0 Å². The summed E-state index contributed by atoms with van der Waals surface area (Å²) in [5, 5.41) is 1.50. The molecule has 0 saturated heterocycles. The highest BCUT2D eigenvalue weighted by molar-refractivity contribution is 9.08. The van der Waals surface area contributed by atoms with E-state index in [1.54, 1.807) is 0 Å². The zero-order valence-electron chi connectivity index (χ0n) is 8.39. The van der Waals surface area contributed by atoms with Crippen LogP contribution in [-0.2, 0) is 5.33 Å². The number of alkyl halides is 1. The fraction of sp³-hybridized carbons (Fsp3) is 0.455. The van der Waals surface area contributed by atoms with E-state index in [4.69, 9.17) is 16.3 Å². The van der Waals surface area contributed by atoms with Crippen molar-refractivity contribution >= 4 is 27.5 Å². The Labute approximate surface area is 98.5 Å². The predicted octanol–water partition coefficient (Wildman–Crippen LogP) is 4.27. The highest BCUT2D eigenvalue weighted by atomic mass is 79.9. The summed E-state index contributed by atoms with van der Waals surface area (Å²) in [6.45, 7) is 4.93. The van der Waals surface area contributed by atoms with Gasteiger partial charge in [0.15, 0.2) is 0 Å². The summed E-state index contributed by atoms with van der Waals surface area (Å²) in [5.41, 5.74) is 1.16. The molecule has 3 heteroatoms. The molecule has 1 aromatic carbocycles. The minimum atomic E-state index is 0.516. The van der Waals surface area contributed by atoms with Crippen molar-refractivity contribution in [2.24, 2.45) is 5.92 Å². The third kappa shape index (κ3) is 3.50. The van der Waals surface area contributed by atoms with E-state index in [2.05, 4.69) is 29.8 Å². The van der Waals surface area contributed by atoms with E-state index in [1.165, 1.54) is 0 Å². The van der Waals surface area contributed by atoms with E-state index in [1.807, 2.05) is 18.2 Å². The summed E-state index contributed by atoms with van der Waals surface area (Å²) < 4.78 is 5.55. The van der Waals surface area contributed by atoms with Crippen LogP contribution in [0.3, 0.4) is 0 Å². The summed E-state index contributed by atoms with van der Waals surface area (Å²) in [6, 6.07) is 5.85. The molecule has 1 aromatic rings. The van der Waals surface area contributed by atoms with E-state index in [0.717, 1.165) is 16.6 Å². The molecule has 78 valence electrons. The molecular weight excluding hydrogens is 263 g/mol. The Bertz CT molecular complexity index is 299. The Kier molecular flexibility index (Phi) is 4.76. The van der Waals surface area contributed by atoms with Crippen molar-refractivity contribution in [2.45, 2.75) is 19.2 Å². The van der Waals surface area contributed by atoms with Crippen LogP contribution in [0.5, 0.6) is 5.75 Å². The largest absolute Gasteiger partial charge is 0.492 e. The molecule has 14 heavy (non-hydrogen) atoms. The van der Waals surface area contributed by atoms with Gasteiger partial charge in [-0.15, -0.1) is 0 Å². The molecule has 0 bridgehead atoms. The molecule has 0 aromatic heterocycles. The lowest BCUT2D eigenvalue weighted by Crippen LogP contribution is -2.04. The van der Waals surface area contributed by atoms with Crippen molar-refractivity contribution in [3.05, 3.63) is 28.8 Å². The molecule has 0 aliphatic rings. The molecule has 0 unspecified atom stereocenters. The Morgan fingerprint density at radius 1 is 1.43 bits per heavy atom. The van der Waals surface area contributed by atoms with Gasteiger partial charge in [0, 0.05) is 5.33 Å². The summed E-state index contributed by atoms with van der Waals surface area (Å²) in [5.74, 6) is 1.28. The van der Waals surface area contributed by atoms with Crippen LogP contribution < -0.4 is 4.74 Å². The Morgan fingerprint density at radius 2 is 2.14 bits per heavy atom. The van der Waals surface area contributed by atoms with Gasteiger partial charge in [-0.25, -0.2) is 0 Å². The molecule has 0 heterocycles. The molecule has 1 rings (SSSR count). The number of ether oxygens (including phenoxy) is 1. The van der Waals surface area contributed by atoms with Crippen molar-refractivity contribution in [3.63, 3.8) is 0 Å². The van der Waals surface area contributed by atoms with Crippen LogP contribution in [0.1, 0.15) is 19.4 Å². The van der Waals surface area contributed by atoms with Crippen molar-refractivity contribution in [1.29, 1.82) is 0 Å². The predicted molar refractivity (Wildman–Crippen MR) is 64.4 cm³/mol. The first-order chi connectivity index (χ1) is 6.63. The first-order valence-electron chi connectivity index (χ1n) is 4.60. The SMILES string of the molecule is CC(C)COc1ccc(CBr)cc1Cl. The maximum atomic E-state index is 6.05. The van der Waals surface area contributed by atoms with Crippen LogP contribution in [0.4, 0.5) is 0 Å². The molecule has 0 amide bonds. The minimum Gasteiger partial charge on any atom is -0.492 e. The average Bonchev–Trinajstić information content (AvgIpc) is 2.15. The van der Waals surface area contributed by atoms with Gasteiger partial charge in [-0.1, -0.05) is 47.4 Å². The van der Waals surface area contributed by atoms with Gasteiger partial charge in [-0.2, -0.15) is 0 Å². The van der Waals surface area contributed by atoms with Crippen LogP contribution in [0.2, 0.25) is 5.02 Å². The number of benzene rings is 1. The summed E-state index contributed by atoms with van der Waals surface area (Å²) in [4.78, 5) is 0. The molecule has 0 fully saturated rings. The van der Waals surface area contributed by atoms with Crippen molar-refractivity contribution < 1.29 is 4.74 Å². The first kappa shape index (κ1) is 11.9. The first-order valence-corrected chi connectivity index (χ1v) is 6.10. The molecule has 0 atom stereocenters. The number of hydrogen-bond acceptors (Lipinski definition) is 1. The summed E-state index contributed by atoms with van der Waals surface area (Å²) in [6.07, 6.45) is 0. The van der Waals surface area contributed by atoms with E-state index in [0.29, 0.717) is 17.5 Å². The number of hydrogen-bond donors (Lipinski definition) is 0. The maximum absolute atomic E-state index is 6.05. The standard InChI is InChI=1S/C11H14BrClO/c1-8(2)7-14-11-4-3-9(6-12)5-10(11)13/h3-5,8H,6-7H2,1-2H3. The topological polar surface area (TPSA) is 9.23 Å².